The van der Waals surface area contributed by atoms with E-state index in [-0.39, 0.29) is 19.0 Å². The predicted molar refractivity (Wildman–Crippen MR) is 95.1 cm³/mol. The topological polar surface area (TPSA) is 63.2 Å². The van der Waals surface area contributed by atoms with Crippen LogP contribution in [0, 0.1) is 0 Å². The Morgan fingerprint density at radius 1 is 1.32 bits per heavy atom. The molecule has 2 aliphatic rings. The molecule has 0 spiro atoms. The van der Waals surface area contributed by atoms with Crippen molar-refractivity contribution in [2.24, 2.45) is 0 Å². The molecule has 0 aliphatic carbocycles. The molecule has 6 nitrogen and oxygen atoms in total. The van der Waals surface area contributed by atoms with Gasteiger partial charge < -0.3 is 23.7 Å². The van der Waals surface area contributed by atoms with Gasteiger partial charge >= 0.3 is 5.97 Å². The average Bonchev–Trinajstić information content (AvgIpc) is 3.12. The van der Waals surface area contributed by atoms with Crippen molar-refractivity contribution in [1.29, 1.82) is 0 Å². The van der Waals surface area contributed by atoms with Crippen LogP contribution < -0.4 is 9.47 Å². The normalized spacial score (nSPS) is 21.4. The van der Waals surface area contributed by atoms with E-state index in [1.54, 1.807) is 12.1 Å². The molecule has 3 rings (SSSR count). The van der Waals surface area contributed by atoms with Crippen LogP contribution in [0.25, 0.3) is 0 Å². The molecule has 138 valence electrons. The van der Waals surface area contributed by atoms with E-state index < -0.39 is 14.0 Å². The van der Waals surface area contributed by atoms with Gasteiger partial charge in [0, 0.05) is 20.2 Å². The number of methoxy groups -OCH3 is 1. The number of benzene rings is 1. The zero-order valence-electron chi connectivity index (χ0n) is 15.3. The number of carbonyl (C=O) groups is 1. The van der Waals surface area contributed by atoms with E-state index in [2.05, 4.69) is 19.6 Å². The van der Waals surface area contributed by atoms with Gasteiger partial charge in [0.25, 0.3) is 0 Å². The van der Waals surface area contributed by atoms with Gasteiger partial charge in [-0.2, -0.15) is 0 Å². The van der Waals surface area contributed by atoms with Gasteiger partial charge in [0.05, 0.1) is 25.2 Å². The Morgan fingerprint density at radius 3 is 2.84 bits per heavy atom. The lowest BCUT2D eigenvalue weighted by Crippen LogP contribution is -2.22. The van der Waals surface area contributed by atoms with E-state index in [0.29, 0.717) is 30.3 Å². The smallest absolute Gasteiger partial charge is 0.338 e. The first-order valence-electron chi connectivity index (χ1n) is 8.64. The lowest BCUT2D eigenvalue weighted by Gasteiger charge is -2.17. The van der Waals surface area contributed by atoms with Gasteiger partial charge in [0.15, 0.2) is 6.79 Å². The van der Waals surface area contributed by atoms with Gasteiger partial charge in [-0.15, -0.1) is 0 Å². The molecular formula is C18H26O6Si. The van der Waals surface area contributed by atoms with Crippen LogP contribution >= 0.6 is 0 Å². The second kappa shape index (κ2) is 7.35. The fraction of sp³-hybridized carbons (Fsp3) is 0.611. The number of hydrogen-bond donors (Lipinski definition) is 0. The quantitative estimate of drug-likeness (QED) is 0.319. The number of esters is 1. The molecule has 2 atom stereocenters. The monoisotopic (exact) mass is 366 g/mol. The third-order valence-corrected chi connectivity index (χ3v) is 6.18. The summed E-state index contributed by atoms with van der Waals surface area (Å²) in [5, 5.41) is 0. The van der Waals surface area contributed by atoms with E-state index in [4.69, 9.17) is 23.7 Å². The Balaban J connectivity index is 1.73. The molecular weight excluding hydrogens is 340 g/mol. The summed E-state index contributed by atoms with van der Waals surface area (Å²) in [4.78, 5) is 11.9. The van der Waals surface area contributed by atoms with Crippen LogP contribution in [0.1, 0.15) is 28.3 Å². The van der Waals surface area contributed by atoms with Crippen molar-refractivity contribution < 1.29 is 28.5 Å². The summed E-state index contributed by atoms with van der Waals surface area (Å²) in [6.45, 7) is 8.42. The number of rotatable bonds is 7. The third-order valence-electron chi connectivity index (χ3n) is 4.47. The van der Waals surface area contributed by atoms with Crippen LogP contribution in [-0.4, -0.2) is 47.4 Å². The highest BCUT2D eigenvalue weighted by atomic mass is 28.3. The minimum atomic E-state index is -1.13. The standard InChI is InChI=1S/C18H26O6Si/c1-20-17(19)12-9-14(23-11-21-7-8-25(2,3)4)16-13-5-6-22-18(13)24-15(16)10-12/h9-10,13,18H,5-8,11H2,1-4H3/t13-,18+/m0/s1. The van der Waals surface area contributed by atoms with Gasteiger partial charge in [-0.3, -0.25) is 0 Å². The summed E-state index contributed by atoms with van der Waals surface area (Å²) >= 11 is 0. The lowest BCUT2D eigenvalue weighted by atomic mass is 9.96. The third kappa shape index (κ3) is 4.16. The van der Waals surface area contributed by atoms with Gasteiger partial charge in [-0.1, -0.05) is 19.6 Å². The molecule has 0 aromatic heterocycles. The Morgan fingerprint density at radius 2 is 2.12 bits per heavy atom. The summed E-state index contributed by atoms with van der Waals surface area (Å²) in [5.74, 6) is 0.964. The summed E-state index contributed by atoms with van der Waals surface area (Å²) in [7, 11) is 0.228. The molecule has 1 saturated heterocycles. The molecule has 1 fully saturated rings. The first-order valence-corrected chi connectivity index (χ1v) is 12.3. The minimum absolute atomic E-state index is 0.138. The van der Waals surface area contributed by atoms with E-state index in [1.807, 2.05) is 0 Å². The van der Waals surface area contributed by atoms with Crippen LogP contribution in [0.3, 0.4) is 0 Å². The molecule has 0 amide bonds. The molecule has 2 aliphatic heterocycles. The van der Waals surface area contributed by atoms with Crippen molar-refractivity contribution in [1.82, 2.24) is 0 Å². The summed E-state index contributed by atoms with van der Waals surface area (Å²) in [6, 6.07) is 4.48. The molecule has 0 saturated carbocycles. The van der Waals surface area contributed by atoms with Crippen LogP contribution in [0.2, 0.25) is 25.7 Å². The molecule has 0 N–H and O–H groups in total. The van der Waals surface area contributed by atoms with Gasteiger partial charge in [-0.05, 0) is 24.6 Å². The Kier molecular flexibility index (Phi) is 5.36. The number of ether oxygens (including phenoxy) is 5. The minimum Gasteiger partial charge on any atom is -0.467 e. The van der Waals surface area contributed by atoms with Crippen LogP contribution in [0.4, 0.5) is 0 Å². The first kappa shape index (κ1) is 18.2. The largest absolute Gasteiger partial charge is 0.467 e. The maximum Gasteiger partial charge on any atom is 0.338 e. The summed E-state index contributed by atoms with van der Waals surface area (Å²) in [5.41, 5.74) is 1.36. The first-order chi connectivity index (χ1) is 11.9. The van der Waals surface area contributed by atoms with E-state index in [1.165, 1.54) is 7.11 Å². The second-order valence-corrected chi connectivity index (χ2v) is 13.2. The zero-order chi connectivity index (χ0) is 18.0. The molecule has 1 aromatic rings. The summed E-state index contributed by atoms with van der Waals surface area (Å²) in [6.07, 6.45) is 0.584. The van der Waals surface area contributed by atoms with Crippen LogP contribution in [0.15, 0.2) is 12.1 Å². The zero-order valence-corrected chi connectivity index (χ0v) is 16.3. The highest BCUT2D eigenvalue weighted by molar-refractivity contribution is 6.76. The highest BCUT2D eigenvalue weighted by Crippen LogP contribution is 2.49. The molecule has 2 heterocycles. The molecule has 0 bridgehead atoms. The van der Waals surface area contributed by atoms with E-state index in [0.717, 1.165) is 18.0 Å². The van der Waals surface area contributed by atoms with Crippen LogP contribution in [-0.2, 0) is 14.2 Å². The average molecular weight is 366 g/mol. The van der Waals surface area contributed by atoms with Gasteiger partial charge in [0.2, 0.25) is 6.29 Å². The fourth-order valence-corrected chi connectivity index (χ4v) is 3.80. The highest BCUT2D eigenvalue weighted by Gasteiger charge is 2.42. The van der Waals surface area contributed by atoms with Crippen LogP contribution in [0.5, 0.6) is 11.5 Å². The van der Waals surface area contributed by atoms with Crippen molar-refractivity contribution in [3.63, 3.8) is 0 Å². The van der Waals surface area contributed by atoms with Gasteiger partial charge in [-0.25, -0.2) is 4.79 Å². The molecule has 25 heavy (non-hydrogen) atoms. The fourth-order valence-electron chi connectivity index (χ4n) is 3.05. The molecule has 1 aromatic carbocycles. The molecule has 0 radical (unpaired) electrons. The van der Waals surface area contributed by atoms with E-state index in [9.17, 15) is 4.79 Å². The SMILES string of the molecule is COC(=O)c1cc(OCOCC[Si](C)(C)C)c2c(c1)O[C@H]1OCC[C@@H]21. The van der Waals surface area contributed by atoms with E-state index >= 15 is 0 Å². The Hall–Kier alpha value is -1.57. The number of carbonyl (C=O) groups excluding carboxylic acids is 1. The van der Waals surface area contributed by atoms with Crippen molar-refractivity contribution >= 4 is 14.0 Å². The maximum atomic E-state index is 11.9. The maximum absolute atomic E-state index is 11.9. The summed E-state index contributed by atoms with van der Waals surface area (Å²) < 4.78 is 27.7. The van der Waals surface area contributed by atoms with Crippen molar-refractivity contribution in [3.8, 4) is 11.5 Å². The molecule has 7 heteroatoms. The second-order valence-electron chi connectivity index (χ2n) is 7.61. The number of hydrogen-bond acceptors (Lipinski definition) is 6. The van der Waals surface area contributed by atoms with Crippen molar-refractivity contribution in [3.05, 3.63) is 23.3 Å². The van der Waals surface area contributed by atoms with Crippen molar-refractivity contribution in [2.45, 2.75) is 44.3 Å². The lowest BCUT2D eigenvalue weighted by molar-refractivity contribution is -0.0339. The number of fused-ring (bicyclic) bond motifs is 3. The molecule has 0 unspecified atom stereocenters. The Labute approximate surface area is 149 Å². The Bertz CT molecular complexity index is 639. The predicted octanol–water partition coefficient (Wildman–Crippen LogP) is 3.39. The van der Waals surface area contributed by atoms with Crippen molar-refractivity contribution in [2.75, 3.05) is 27.1 Å². The van der Waals surface area contributed by atoms with Gasteiger partial charge in [0.1, 0.15) is 11.5 Å².